The molecule has 2 N–H and O–H groups in total. The van der Waals surface area contributed by atoms with E-state index in [0.29, 0.717) is 11.3 Å². The van der Waals surface area contributed by atoms with Crippen molar-refractivity contribution in [2.75, 3.05) is 0 Å². The number of carbonyl (C=O) groups is 1. The number of benzene rings is 1. The first-order valence-corrected chi connectivity index (χ1v) is 6.70. The first-order valence-electron chi connectivity index (χ1n) is 6.70. The predicted octanol–water partition coefficient (Wildman–Crippen LogP) is 2.29. The number of amides is 1. The molecule has 1 fully saturated rings. The van der Waals surface area contributed by atoms with E-state index in [0.717, 1.165) is 18.4 Å². The minimum Gasteiger partial charge on any atom is -0.385 e. The summed E-state index contributed by atoms with van der Waals surface area (Å²) >= 11 is 0. The fourth-order valence-electron chi connectivity index (χ4n) is 2.09. The summed E-state index contributed by atoms with van der Waals surface area (Å²) in [6.07, 6.45) is 1.13. The Hall–Kier alpha value is -2.14. The van der Waals surface area contributed by atoms with E-state index in [4.69, 9.17) is 4.52 Å². The summed E-state index contributed by atoms with van der Waals surface area (Å²) in [6.45, 7) is 1.56. The lowest BCUT2D eigenvalue weighted by Gasteiger charge is -2.06. The van der Waals surface area contributed by atoms with Crippen LogP contribution in [-0.4, -0.2) is 22.2 Å². The van der Waals surface area contributed by atoms with E-state index in [9.17, 15) is 9.90 Å². The highest BCUT2D eigenvalue weighted by Gasteiger charge is 2.30. The van der Waals surface area contributed by atoms with Crippen molar-refractivity contribution in [2.45, 2.75) is 31.9 Å². The van der Waals surface area contributed by atoms with Crippen LogP contribution >= 0.6 is 0 Å². The molecule has 0 saturated heterocycles. The summed E-state index contributed by atoms with van der Waals surface area (Å²) in [5.74, 6) is -0.0227. The third-order valence-electron chi connectivity index (χ3n) is 3.28. The van der Waals surface area contributed by atoms with E-state index in [1.54, 1.807) is 6.92 Å². The first-order chi connectivity index (χ1) is 9.66. The largest absolute Gasteiger partial charge is 0.385 e. The number of rotatable bonds is 4. The molecule has 0 spiro atoms. The Morgan fingerprint density at radius 1 is 1.40 bits per heavy atom. The van der Waals surface area contributed by atoms with Crippen molar-refractivity contribution in [3.05, 3.63) is 41.7 Å². The average molecular weight is 272 g/mol. The second kappa shape index (κ2) is 5.09. The van der Waals surface area contributed by atoms with Gasteiger partial charge in [0, 0.05) is 11.6 Å². The number of hydrogen-bond donors (Lipinski definition) is 2. The smallest absolute Gasteiger partial charge is 0.257 e. The molecule has 104 valence electrons. The minimum atomic E-state index is -0.875. The van der Waals surface area contributed by atoms with Gasteiger partial charge in [-0.25, -0.2) is 0 Å². The Morgan fingerprint density at radius 3 is 2.70 bits per heavy atom. The van der Waals surface area contributed by atoms with Crippen LogP contribution in [0, 0.1) is 0 Å². The number of aromatic nitrogens is 1. The normalized spacial score (nSPS) is 15.9. The molecule has 0 aliphatic heterocycles. The zero-order chi connectivity index (χ0) is 14.1. The number of carbonyl (C=O) groups excluding carboxylic acids is 1. The molecule has 1 aromatic heterocycles. The standard InChI is InChI=1S/C15H16N2O3/c1-9(18)14-12(15(19)16-11-7-8-11)13(17-20-14)10-5-3-2-4-6-10/h2-6,9,11,18H,7-8H2,1H3,(H,16,19). The zero-order valence-electron chi connectivity index (χ0n) is 11.2. The van der Waals surface area contributed by atoms with Gasteiger partial charge in [-0.2, -0.15) is 0 Å². The Bertz CT molecular complexity index is 615. The van der Waals surface area contributed by atoms with Crippen LogP contribution < -0.4 is 5.32 Å². The van der Waals surface area contributed by atoms with Crippen LogP contribution in [0.1, 0.15) is 42.0 Å². The summed E-state index contributed by atoms with van der Waals surface area (Å²) in [4.78, 5) is 12.4. The van der Waals surface area contributed by atoms with Crippen LogP contribution in [0.15, 0.2) is 34.9 Å². The highest BCUT2D eigenvalue weighted by molar-refractivity contribution is 6.01. The molecule has 1 aliphatic rings. The van der Waals surface area contributed by atoms with Gasteiger partial charge in [0.05, 0.1) is 0 Å². The molecule has 1 atom stereocenters. The fourth-order valence-corrected chi connectivity index (χ4v) is 2.09. The molecule has 1 amide bonds. The number of nitrogens with zero attached hydrogens (tertiary/aromatic N) is 1. The van der Waals surface area contributed by atoms with Crippen molar-refractivity contribution in [1.82, 2.24) is 10.5 Å². The number of nitrogens with one attached hydrogen (secondary N) is 1. The van der Waals surface area contributed by atoms with E-state index in [1.165, 1.54) is 0 Å². The predicted molar refractivity (Wildman–Crippen MR) is 73.1 cm³/mol. The monoisotopic (exact) mass is 272 g/mol. The molecule has 2 aromatic rings. The van der Waals surface area contributed by atoms with Crippen LogP contribution in [0.2, 0.25) is 0 Å². The van der Waals surface area contributed by atoms with E-state index < -0.39 is 6.10 Å². The van der Waals surface area contributed by atoms with Crippen LogP contribution in [0.25, 0.3) is 11.3 Å². The molecule has 0 bridgehead atoms. The van der Waals surface area contributed by atoms with Crippen molar-refractivity contribution in [2.24, 2.45) is 0 Å². The molecule has 1 aliphatic carbocycles. The quantitative estimate of drug-likeness (QED) is 0.895. The lowest BCUT2D eigenvalue weighted by molar-refractivity contribution is 0.0938. The highest BCUT2D eigenvalue weighted by Crippen LogP contribution is 2.30. The van der Waals surface area contributed by atoms with E-state index in [2.05, 4.69) is 10.5 Å². The molecule has 1 saturated carbocycles. The van der Waals surface area contributed by atoms with Crippen molar-refractivity contribution < 1.29 is 14.4 Å². The molecule has 1 heterocycles. The van der Waals surface area contributed by atoms with Gasteiger partial charge in [-0.15, -0.1) is 0 Å². The topological polar surface area (TPSA) is 75.4 Å². The molecule has 1 unspecified atom stereocenters. The maximum atomic E-state index is 12.4. The lowest BCUT2D eigenvalue weighted by atomic mass is 10.0. The van der Waals surface area contributed by atoms with Gasteiger partial charge in [0.1, 0.15) is 17.4 Å². The van der Waals surface area contributed by atoms with Gasteiger partial charge in [-0.1, -0.05) is 35.5 Å². The average Bonchev–Trinajstić information content (AvgIpc) is 3.14. The molecule has 20 heavy (non-hydrogen) atoms. The second-order valence-corrected chi connectivity index (χ2v) is 5.06. The first kappa shape index (κ1) is 12.9. The van der Waals surface area contributed by atoms with Crippen molar-refractivity contribution in [1.29, 1.82) is 0 Å². The van der Waals surface area contributed by atoms with Crippen LogP contribution in [0.4, 0.5) is 0 Å². The van der Waals surface area contributed by atoms with Gasteiger partial charge in [-0.3, -0.25) is 4.79 Å². The summed E-state index contributed by atoms with van der Waals surface area (Å²) in [5.41, 5.74) is 1.60. The molecule has 5 nitrogen and oxygen atoms in total. The Balaban J connectivity index is 2.03. The van der Waals surface area contributed by atoms with Crippen molar-refractivity contribution >= 4 is 5.91 Å². The third-order valence-corrected chi connectivity index (χ3v) is 3.28. The van der Waals surface area contributed by atoms with Crippen LogP contribution in [0.3, 0.4) is 0 Å². The summed E-state index contributed by atoms with van der Waals surface area (Å²) in [7, 11) is 0. The molecular weight excluding hydrogens is 256 g/mol. The van der Waals surface area contributed by atoms with E-state index >= 15 is 0 Å². The zero-order valence-corrected chi connectivity index (χ0v) is 11.2. The van der Waals surface area contributed by atoms with Crippen molar-refractivity contribution in [3.8, 4) is 11.3 Å². The Morgan fingerprint density at radius 2 is 2.10 bits per heavy atom. The van der Waals surface area contributed by atoms with Gasteiger partial charge < -0.3 is 14.9 Å². The molecule has 3 rings (SSSR count). The van der Waals surface area contributed by atoms with E-state index in [1.807, 2.05) is 30.3 Å². The lowest BCUT2D eigenvalue weighted by Crippen LogP contribution is -2.26. The fraction of sp³-hybridized carbons (Fsp3) is 0.333. The molecular formula is C15H16N2O3. The Labute approximate surface area is 116 Å². The van der Waals surface area contributed by atoms with Gasteiger partial charge in [0.15, 0.2) is 5.76 Å². The summed E-state index contributed by atoms with van der Waals surface area (Å²) < 4.78 is 5.17. The number of hydrogen-bond acceptors (Lipinski definition) is 4. The SMILES string of the molecule is CC(O)c1onc(-c2ccccc2)c1C(=O)NC1CC1. The van der Waals surface area contributed by atoms with Gasteiger partial charge in [-0.05, 0) is 19.8 Å². The van der Waals surface area contributed by atoms with Gasteiger partial charge in [0.2, 0.25) is 0 Å². The number of aliphatic hydroxyl groups is 1. The van der Waals surface area contributed by atoms with Crippen LogP contribution in [-0.2, 0) is 0 Å². The maximum absolute atomic E-state index is 12.4. The maximum Gasteiger partial charge on any atom is 0.257 e. The Kier molecular flexibility index (Phi) is 3.28. The van der Waals surface area contributed by atoms with Crippen LogP contribution in [0.5, 0.6) is 0 Å². The van der Waals surface area contributed by atoms with Gasteiger partial charge >= 0.3 is 0 Å². The molecule has 5 heteroatoms. The second-order valence-electron chi connectivity index (χ2n) is 5.06. The van der Waals surface area contributed by atoms with E-state index in [-0.39, 0.29) is 17.7 Å². The summed E-state index contributed by atoms with van der Waals surface area (Å²) in [5, 5.41) is 16.6. The minimum absolute atomic E-state index is 0.210. The number of aliphatic hydroxyl groups excluding tert-OH is 1. The molecule has 0 radical (unpaired) electrons. The van der Waals surface area contributed by atoms with Gasteiger partial charge in [0.25, 0.3) is 5.91 Å². The van der Waals surface area contributed by atoms with Crippen molar-refractivity contribution in [3.63, 3.8) is 0 Å². The molecule has 1 aromatic carbocycles. The highest BCUT2D eigenvalue weighted by atomic mass is 16.5. The third kappa shape index (κ3) is 2.44. The summed E-state index contributed by atoms with van der Waals surface area (Å²) in [6, 6.07) is 9.59.